The molecule has 0 saturated heterocycles. The Hall–Kier alpha value is -1.04. The third-order valence-electron chi connectivity index (χ3n) is 3.15. The Morgan fingerprint density at radius 1 is 1.53 bits per heavy atom. The predicted octanol–water partition coefficient (Wildman–Crippen LogP) is 2.32. The summed E-state index contributed by atoms with van der Waals surface area (Å²) in [6, 6.07) is 4.85. The maximum Gasteiger partial charge on any atom is 0.123 e. The first-order valence-corrected chi connectivity index (χ1v) is 6.71. The molecule has 2 N–H and O–H groups in total. The Morgan fingerprint density at radius 2 is 2.21 bits per heavy atom. The maximum absolute atomic E-state index is 13.3. The molecule has 0 spiro atoms. The number of rotatable bonds is 7. The van der Waals surface area contributed by atoms with E-state index in [0.717, 1.165) is 12.1 Å². The van der Waals surface area contributed by atoms with E-state index in [2.05, 4.69) is 18.7 Å². The highest BCUT2D eigenvalue weighted by Crippen LogP contribution is 2.15. The van der Waals surface area contributed by atoms with Crippen LogP contribution in [0.15, 0.2) is 18.2 Å². The summed E-state index contributed by atoms with van der Waals surface area (Å²) in [5, 5.41) is 0. The second kappa shape index (κ2) is 7.53. The molecule has 0 aliphatic carbocycles. The summed E-state index contributed by atoms with van der Waals surface area (Å²) >= 11 is 4.98. The minimum absolute atomic E-state index is 0.227. The highest BCUT2D eigenvalue weighted by Gasteiger charge is 2.15. The van der Waals surface area contributed by atoms with E-state index in [-0.39, 0.29) is 16.8 Å². The first-order valence-electron chi connectivity index (χ1n) is 6.30. The van der Waals surface area contributed by atoms with Gasteiger partial charge in [-0.2, -0.15) is 0 Å². The quantitative estimate of drug-likeness (QED) is 0.780. The monoisotopic (exact) mass is 284 g/mol. The van der Waals surface area contributed by atoms with Crippen LogP contribution in [0.5, 0.6) is 0 Å². The second-order valence-corrected chi connectivity index (χ2v) is 4.97. The van der Waals surface area contributed by atoms with Gasteiger partial charge in [0.05, 0.1) is 6.61 Å². The van der Waals surface area contributed by atoms with Crippen molar-refractivity contribution in [3.05, 3.63) is 35.1 Å². The van der Waals surface area contributed by atoms with Crippen molar-refractivity contribution in [1.29, 1.82) is 0 Å². The summed E-state index contributed by atoms with van der Waals surface area (Å²) in [4.78, 5) is 2.46. The van der Waals surface area contributed by atoms with Crippen LogP contribution in [0.25, 0.3) is 0 Å². The molecule has 0 radical (unpaired) electrons. The highest BCUT2D eigenvalue weighted by atomic mass is 32.1. The zero-order valence-corrected chi connectivity index (χ0v) is 12.5. The number of benzene rings is 1. The molecule has 0 amide bonds. The molecule has 1 atom stereocenters. The van der Waals surface area contributed by atoms with Gasteiger partial charge in [0.25, 0.3) is 0 Å². The van der Waals surface area contributed by atoms with Gasteiger partial charge in [-0.1, -0.05) is 25.2 Å². The Labute approximate surface area is 119 Å². The Kier molecular flexibility index (Phi) is 6.34. The topological polar surface area (TPSA) is 38.5 Å². The van der Waals surface area contributed by atoms with Crippen LogP contribution in [0.3, 0.4) is 0 Å². The van der Waals surface area contributed by atoms with Crippen molar-refractivity contribution >= 4 is 17.2 Å². The number of ether oxygens (including phenoxy) is 1. The SMILES string of the molecule is CCN(Cc1ccc(F)cc1C(N)=S)C(C)COC. The third-order valence-corrected chi connectivity index (χ3v) is 3.37. The van der Waals surface area contributed by atoms with Crippen molar-refractivity contribution < 1.29 is 9.13 Å². The van der Waals surface area contributed by atoms with Crippen LogP contribution in [0, 0.1) is 5.82 Å². The number of nitrogens with zero attached hydrogens (tertiary/aromatic N) is 1. The van der Waals surface area contributed by atoms with E-state index in [1.165, 1.54) is 12.1 Å². The summed E-state index contributed by atoms with van der Waals surface area (Å²) in [6.07, 6.45) is 0. The Morgan fingerprint density at radius 3 is 2.74 bits per heavy atom. The lowest BCUT2D eigenvalue weighted by molar-refractivity contribution is 0.0981. The lowest BCUT2D eigenvalue weighted by Crippen LogP contribution is -2.36. The average molecular weight is 284 g/mol. The molecular formula is C14H21FN2OS. The Balaban J connectivity index is 2.93. The summed E-state index contributed by atoms with van der Waals surface area (Å²) < 4.78 is 18.4. The van der Waals surface area contributed by atoms with Crippen LogP contribution in [-0.4, -0.2) is 36.2 Å². The molecule has 0 saturated carbocycles. The van der Waals surface area contributed by atoms with Crippen LogP contribution in [0.1, 0.15) is 25.0 Å². The van der Waals surface area contributed by atoms with Crippen LogP contribution < -0.4 is 5.73 Å². The van der Waals surface area contributed by atoms with E-state index in [0.29, 0.717) is 18.7 Å². The fourth-order valence-electron chi connectivity index (χ4n) is 2.06. The van der Waals surface area contributed by atoms with Crippen LogP contribution in [0.4, 0.5) is 4.39 Å². The molecule has 0 aromatic heterocycles. The van der Waals surface area contributed by atoms with E-state index in [1.54, 1.807) is 13.2 Å². The number of halogens is 1. The van der Waals surface area contributed by atoms with Crippen molar-refractivity contribution in [2.24, 2.45) is 5.73 Å². The number of hydrogen-bond acceptors (Lipinski definition) is 3. The molecule has 0 bridgehead atoms. The van der Waals surface area contributed by atoms with Crippen molar-refractivity contribution in [2.75, 3.05) is 20.3 Å². The van der Waals surface area contributed by atoms with Gasteiger partial charge in [-0.15, -0.1) is 0 Å². The molecule has 0 aliphatic rings. The summed E-state index contributed by atoms with van der Waals surface area (Å²) in [5.41, 5.74) is 7.21. The minimum Gasteiger partial charge on any atom is -0.389 e. The van der Waals surface area contributed by atoms with E-state index in [1.807, 2.05) is 0 Å². The molecule has 1 aromatic rings. The second-order valence-electron chi connectivity index (χ2n) is 4.53. The smallest absolute Gasteiger partial charge is 0.123 e. The van der Waals surface area contributed by atoms with Crippen molar-refractivity contribution in [2.45, 2.75) is 26.4 Å². The van der Waals surface area contributed by atoms with Crippen LogP contribution in [0.2, 0.25) is 0 Å². The van der Waals surface area contributed by atoms with Crippen molar-refractivity contribution in [3.63, 3.8) is 0 Å². The van der Waals surface area contributed by atoms with Crippen LogP contribution >= 0.6 is 12.2 Å². The number of hydrogen-bond donors (Lipinski definition) is 1. The fraction of sp³-hybridized carbons (Fsp3) is 0.500. The summed E-state index contributed by atoms with van der Waals surface area (Å²) in [6.45, 7) is 6.37. The maximum atomic E-state index is 13.3. The first-order chi connectivity index (χ1) is 8.99. The molecule has 0 aliphatic heterocycles. The van der Waals surface area contributed by atoms with Gasteiger partial charge in [-0.05, 0) is 31.2 Å². The molecular weight excluding hydrogens is 263 g/mol. The standard InChI is InChI=1S/C14H21FN2OS/c1-4-17(10(2)9-18-3)8-11-5-6-12(15)7-13(11)14(16)19/h5-7,10H,4,8-9H2,1-3H3,(H2,16,19). The summed E-state index contributed by atoms with van der Waals surface area (Å²) in [5.74, 6) is -0.320. The van der Waals surface area contributed by atoms with E-state index >= 15 is 0 Å². The zero-order valence-electron chi connectivity index (χ0n) is 11.6. The van der Waals surface area contributed by atoms with Gasteiger partial charge in [0, 0.05) is 25.3 Å². The molecule has 1 unspecified atom stereocenters. The molecule has 0 heterocycles. The largest absolute Gasteiger partial charge is 0.389 e. The van der Waals surface area contributed by atoms with Crippen LogP contribution in [-0.2, 0) is 11.3 Å². The molecule has 3 nitrogen and oxygen atoms in total. The molecule has 1 aromatic carbocycles. The van der Waals surface area contributed by atoms with Gasteiger partial charge in [-0.3, -0.25) is 4.90 Å². The molecule has 0 fully saturated rings. The van der Waals surface area contributed by atoms with Gasteiger partial charge >= 0.3 is 0 Å². The predicted molar refractivity (Wildman–Crippen MR) is 79.7 cm³/mol. The number of thiocarbonyl (C=S) groups is 1. The fourth-order valence-corrected chi connectivity index (χ4v) is 2.25. The number of likely N-dealkylation sites (N-methyl/N-ethyl adjacent to an activating group) is 1. The first kappa shape index (κ1) is 16.0. The molecule has 5 heteroatoms. The van der Waals surface area contributed by atoms with Gasteiger partial charge in [0.15, 0.2) is 0 Å². The molecule has 19 heavy (non-hydrogen) atoms. The lowest BCUT2D eigenvalue weighted by atomic mass is 10.1. The molecule has 106 valence electrons. The lowest BCUT2D eigenvalue weighted by Gasteiger charge is -2.28. The van der Waals surface area contributed by atoms with Crippen molar-refractivity contribution in [1.82, 2.24) is 4.90 Å². The van der Waals surface area contributed by atoms with Gasteiger partial charge in [0.1, 0.15) is 10.8 Å². The van der Waals surface area contributed by atoms with Crippen molar-refractivity contribution in [3.8, 4) is 0 Å². The molecule has 1 rings (SSSR count). The van der Waals surface area contributed by atoms with Gasteiger partial charge < -0.3 is 10.5 Å². The van der Waals surface area contributed by atoms with E-state index in [9.17, 15) is 4.39 Å². The van der Waals surface area contributed by atoms with Gasteiger partial charge in [0.2, 0.25) is 0 Å². The highest BCUT2D eigenvalue weighted by molar-refractivity contribution is 7.80. The average Bonchev–Trinajstić information content (AvgIpc) is 2.37. The van der Waals surface area contributed by atoms with E-state index < -0.39 is 0 Å². The van der Waals surface area contributed by atoms with E-state index in [4.69, 9.17) is 22.7 Å². The third kappa shape index (κ3) is 4.53. The zero-order chi connectivity index (χ0) is 14.4. The minimum atomic E-state index is -0.320. The summed E-state index contributed by atoms with van der Waals surface area (Å²) in [7, 11) is 1.68. The Bertz CT molecular complexity index is 439. The normalized spacial score (nSPS) is 12.7. The number of nitrogens with two attached hydrogens (primary N) is 1. The number of methoxy groups -OCH3 is 1. The van der Waals surface area contributed by atoms with Gasteiger partial charge in [-0.25, -0.2) is 4.39 Å².